The molecule has 0 saturated carbocycles. The van der Waals surface area contributed by atoms with E-state index in [1.807, 2.05) is 25.1 Å². The molecule has 1 atom stereocenters. The third-order valence-electron chi connectivity index (χ3n) is 3.68. The highest BCUT2D eigenvalue weighted by atomic mass is 35.5. The number of benzene rings is 2. The number of carbonyl (C=O) groups is 3. The van der Waals surface area contributed by atoms with Crippen LogP contribution in [0.25, 0.3) is 0 Å². The monoisotopic (exact) mass is 419 g/mol. The summed E-state index contributed by atoms with van der Waals surface area (Å²) in [7, 11) is 0. The molecule has 2 rings (SSSR count). The van der Waals surface area contributed by atoms with Crippen molar-refractivity contribution in [2.75, 3.05) is 17.2 Å². The highest BCUT2D eigenvalue weighted by Crippen LogP contribution is 2.25. The summed E-state index contributed by atoms with van der Waals surface area (Å²) >= 11 is 7.45. The molecule has 28 heavy (non-hydrogen) atoms. The number of anilines is 2. The summed E-state index contributed by atoms with van der Waals surface area (Å²) in [6.45, 7) is 4.97. The summed E-state index contributed by atoms with van der Waals surface area (Å²) in [4.78, 5) is 36.2. The molecule has 0 radical (unpaired) electrons. The first kappa shape index (κ1) is 21.8. The Kier molecular flexibility index (Phi) is 7.90. The molecule has 8 heteroatoms. The van der Waals surface area contributed by atoms with Crippen molar-refractivity contribution in [1.29, 1.82) is 0 Å². The highest BCUT2D eigenvalue weighted by molar-refractivity contribution is 8.00. The molecule has 2 aromatic rings. The molecule has 0 aliphatic carbocycles. The van der Waals surface area contributed by atoms with E-state index in [0.717, 1.165) is 10.5 Å². The minimum atomic E-state index is -0.387. The zero-order valence-corrected chi connectivity index (χ0v) is 17.4. The average molecular weight is 420 g/mol. The first-order valence-electron chi connectivity index (χ1n) is 8.62. The van der Waals surface area contributed by atoms with Crippen molar-refractivity contribution >= 4 is 52.5 Å². The second-order valence-electron chi connectivity index (χ2n) is 6.21. The van der Waals surface area contributed by atoms with E-state index in [0.29, 0.717) is 16.4 Å². The van der Waals surface area contributed by atoms with E-state index < -0.39 is 0 Å². The van der Waals surface area contributed by atoms with Gasteiger partial charge < -0.3 is 16.0 Å². The van der Waals surface area contributed by atoms with Crippen molar-refractivity contribution < 1.29 is 14.4 Å². The Morgan fingerprint density at radius 1 is 1.07 bits per heavy atom. The summed E-state index contributed by atoms with van der Waals surface area (Å²) in [6, 6.07) is 12.5. The molecular weight excluding hydrogens is 398 g/mol. The maximum atomic E-state index is 12.2. The predicted octanol–water partition coefficient (Wildman–Crippen LogP) is 3.84. The number of aryl methyl sites for hydroxylation is 1. The molecule has 0 aliphatic heterocycles. The third-order valence-corrected chi connectivity index (χ3v) is 5.10. The number of hydrogen-bond donors (Lipinski definition) is 3. The van der Waals surface area contributed by atoms with Gasteiger partial charge in [-0.2, -0.15) is 0 Å². The number of amides is 3. The average Bonchev–Trinajstić information content (AvgIpc) is 2.63. The second-order valence-corrected chi connectivity index (χ2v) is 8.04. The molecule has 148 valence electrons. The van der Waals surface area contributed by atoms with Gasteiger partial charge in [0.25, 0.3) is 0 Å². The first-order valence-corrected chi connectivity index (χ1v) is 9.88. The normalized spacial score (nSPS) is 11.4. The topological polar surface area (TPSA) is 87.3 Å². The van der Waals surface area contributed by atoms with Gasteiger partial charge in [0, 0.05) is 17.5 Å². The van der Waals surface area contributed by atoms with Crippen LogP contribution in [-0.2, 0) is 14.4 Å². The molecule has 0 spiro atoms. The largest absolute Gasteiger partial charge is 0.346 e. The number of halogens is 1. The summed E-state index contributed by atoms with van der Waals surface area (Å²) in [5, 5.41) is 8.05. The summed E-state index contributed by atoms with van der Waals surface area (Å²) < 4.78 is 0. The quantitative estimate of drug-likeness (QED) is 0.595. The number of rotatable bonds is 7. The molecule has 0 fully saturated rings. The number of hydrogen-bond acceptors (Lipinski definition) is 4. The van der Waals surface area contributed by atoms with E-state index in [2.05, 4.69) is 16.0 Å². The Labute approximate surface area is 173 Å². The van der Waals surface area contributed by atoms with Gasteiger partial charge in [-0.25, -0.2) is 0 Å². The lowest BCUT2D eigenvalue weighted by molar-refractivity contribution is -0.123. The molecule has 0 saturated heterocycles. The zero-order valence-electron chi connectivity index (χ0n) is 15.8. The van der Waals surface area contributed by atoms with Gasteiger partial charge in [-0.15, -0.1) is 11.8 Å². The van der Waals surface area contributed by atoms with E-state index in [1.54, 1.807) is 31.2 Å². The number of carbonyl (C=O) groups excluding carboxylic acids is 3. The lowest BCUT2D eigenvalue weighted by Gasteiger charge is -2.13. The van der Waals surface area contributed by atoms with Crippen molar-refractivity contribution in [2.24, 2.45) is 0 Å². The lowest BCUT2D eigenvalue weighted by atomic mass is 10.2. The molecule has 3 amide bonds. The van der Waals surface area contributed by atoms with Crippen molar-refractivity contribution in [3.8, 4) is 0 Å². The van der Waals surface area contributed by atoms with Gasteiger partial charge in [0.2, 0.25) is 17.7 Å². The predicted molar refractivity (Wildman–Crippen MR) is 114 cm³/mol. The minimum Gasteiger partial charge on any atom is -0.346 e. The van der Waals surface area contributed by atoms with Crippen molar-refractivity contribution in [1.82, 2.24) is 5.32 Å². The Hall–Kier alpha value is -2.51. The fourth-order valence-corrected chi connectivity index (χ4v) is 3.48. The van der Waals surface area contributed by atoms with Crippen LogP contribution in [0.2, 0.25) is 5.02 Å². The third kappa shape index (κ3) is 6.90. The fourth-order valence-electron chi connectivity index (χ4n) is 2.30. The van der Waals surface area contributed by atoms with Gasteiger partial charge in [0.15, 0.2) is 0 Å². The van der Waals surface area contributed by atoms with E-state index in [9.17, 15) is 14.4 Å². The standard InChI is InChI=1S/C20H22ClN3O3S/c1-12-4-9-18(17(21)10-12)24-19(26)11-22-20(27)13(2)28-16-7-5-15(6-8-16)23-14(3)25/h4-10,13H,11H2,1-3H3,(H,22,27)(H,23,25)(H,24,26). The van der Waals surface area contributed by atoms with Crippen LogP contribution in [0.1, 0.15) is 19.4 Å². The summed E-state index contributed by atoms with van der Waals surface area (Å²) in [5.74, 6) is -0.740. The van der Waals surface area contributed by atoms with Crippen LogP contribution in [-0.4, -0.2) is 29.5 Å². The van der Waals surface area contributed by atoms with E-state index in [4.69, 9.17) is 11.6 Å². The zero-order chi connectivity index (χ0) is 20.7. The maximum absolute atomic E-state index is 12.2. The second kappa shape index (κ2) is 10.1. The molecule has 2 aromatic carbocycles. The number of thioether (sulfide) groups is 1. The van der Waals surface area contributed by atoms with Gasteiger partial charge >= 0.3 is 0 Å². The van der Waals surface area contributed by atoms with E-state index in [-0.39, 0.29) is 29.5 Å². The summed E-state index contributed by atoms with van der Waals surface area (Å²) in [6.07, 6.45) is 0. The van der Waals surface area contributed by atoms with Gasteiger partial charge in [-0.1, -0.05) is 17.7 Å². The fraction of sp³-hybridized carbons (Fsp3) is 0.250. The Bertz CT molecular complexity index is 871. The van der Waals surface area contributed by atoms with Crippen LogP contribution in [0.4, 0.5) is 11.4 Å². The van der Waals surface area contributed by atoms with Crippen molar-refractivity contribution in [3.63, 3.8) is 0 Å². The van der Waals surface area contributed by atoms with Crippen LogP contribution in [0.15, 0.2) is 47.4 Å². The maximum Gasteiger partial charge on any atom is 0.243 e. The van der Waals surface area contributed by atoms with Crippen LogP contribution >= 0.6 is 23.4 Å². The smallest absolute Gasteiger partial charge is 0.243 e. The lowest BCUT2D eigenvalue weighted by Crippen LogP contribution is -2.37. The summed E-state index contributed by atoms with van der Waals surface area (Å²) in [5.41, 5.74) is 2.20. The van der Waals surface area contributed by atoms with Crippen molar-refractivity contribution in [3.05, 3.63) is 53.1 Å². The SMILES string of the molecule is CC(=O)Nc1ccc(SC(C)C(=O)NCC(=O)Nc2ccc(C)cc2Cl)cc1. The van der Waals surface area contributed by atoms with Crippen molar-refractivity contribution in [2.45, 2.75) is 30.9 Å². The Balaban J connectivity index is 1.81. The number of nitrogens with one attached hydrogen (secondary N) is 3. The van der Waals surface area contributed by atoms with Crippen LogP contribution in [0.3, 0.4) is 0 Å². The van der Waals surface area contributed by atoms with Crippen LogP contribution in [0.5, 0.6) is 0 Å². The first-order chi connectivity index (χ1) is 13.2. The van der Waals surface area contributed by atoms with Gasteiger partial charge in [0.1, 0.15) is 0 Å². The molecule has 0 aromatic heterocycles. The van der Waals surface area contributed by atoms with Crippen LogP contribution in [0, 0.1) is 6.92 Å². The highest BCUT2D eigenvalue weighted by Gasteiger charge is 2.16. The molecule has 0 heterocycles. The van der Waals surface area contributed by atoms with Gasteiger partial charge in [-0.3, -0.25) is 14.4 Å². The minimum absolute atomic E-state index is 0.140. The molecule has 6 nitrogen and oxygen atoms in total. The van der Waals surface area contributed by atoms with E-state index in [1.165, 1.54) is 18.7 Å². The Morgan fingerprint density at radius 3 is 2.36 bits per heavy atom. The van der Waals surface area contributed by atoms with Crippen LogP contribution < -0.4 is 16.0 Å². The van der Waals surface area contributed by atoms with E-state index >= 15 is 0 Å². The van der Waals surface area contributed by atoms with Gasteiger partial charge in [0.05, 0.1) is 22.5 Å². The molecule has 0 bridgehead atoms. The molecule has 0 aliphatic rings. The molecular formula is C20H22ClN3O3S. The molecule has 1 unspecified atom stereocenters. The van der Waals surface area contributed by atoms with Gasteiger partial charge in [-0.05, 0) is 55.8 Å². The Morgan fingerprint density at radius 2 is 1.75 bits per heavy atom. The molecule has 3 N–H and O–H groups in total.